The maximum Gasteiger partial charge on any atom is 0.240 e. The minimum Gasteiger partial charge on any atom is -0.379 e. The van der Waals surface area contributed by atoms with Crippen molar-refractivity contribution in [1.29, 1.82) is 0 Å². The summed E-state index contributed by atoms with van der Waals surface area (Å²) in [6, 6.07) is 0. The van der Waals surface area contributed by atoms with E-state index in [1.165, 1.54) is 0 Å². The molecule has 0 atom stereocenters. The summed E-state index contributed by atoms with van der Waals surface area (Å²) in [6.45, 7) is 6.06. The Morgan fingerprint density at radius 2 is 2.21 bits per heavy atom. The third-order valence-electron chi connectivity index (χ3n) is 2.22. The number of carbonyl (C=O) groups excluding carboxylic acids is 1. The van der Waals surface area contributed by atoms with E-state index >= 15 is 0 Å². The lowest BCUT2D eigenvalue weighted by Crippen LogP contribution is -2.43. The molecule has 1 aliphatic rings. The highest BCUT2D eigenvalue weighted by atomic mass is 16.5. The van der Waals surface area contributed by atoms with Crippen molar-refractivity contribution in [3.63, 3.8) is 0 Å². The first-order valence-corrected chi connectivity index (χ1v) is 5.19. The van der Waals surface area contributed by atoms with Gasteiger partial charge in [-0.15, -0.1) is 0 Å². The van der Waals surface area contributed by atoms with Crippen molar-refractivity contribution >= 4 is 5.91 Å². The van der Waals surface area contributed by atoms with Gasteiger partial charge in [-0.05, 0) is 18.8 Å². The molecule has 14 heavy (non-hydrogen) atoms. The van der Waals surface area contributed by atoms with Crippen molar-refractivity contribution in [3.8, 4) is 0 Å². The Morgan fingerprint density at radius 3 is 2.71 bits per heavy atom. The van der Waals surface area contributed by atoms with Crippen LogP contribution in [-0.2, 0) is 9.53 Å². The Bertz CT molecular complexity index is 200. The fourth-order valence-corrected chi connectivity index (χ4v) is 1.09. The molecule has 1 aliphatic carbocycles. The van der Waals surface area contributed by atoms with Crippen LogP contribution in [0.25, 0.3) is 0 Å². The van der Waals surface area contributed by atoms with Crippen molar-refractivity contribution in [2.45, 2.75) is 32.2 Å². The van der Waals surface area contributed by atoms with Crippen LogP contribution in [0.1, 0.15) is 26.7 Å². The zero-order valence-corrected chi connectivity index (χ0v) is 9.01. The monoisotopic (exact) mass is 200 g/mol. The van der Waals surface area contributed by atoms with E-state index in [0.717, 1.165) is 19.4 Å². The summed E-state index contributed by atoms with van der Waals surface area (Å²) in [7, 11) is 0. The highest BCUT2D eigenvalue weighted by molar-refractivity contribution is 5.88. The van der Waals surface area contributed by atoms with E-state index in [4.69, 9.17) is 10.5 Å². The largest absolute Gasteiger partial charge is 0.379 e. The molecule has 1 rings (SSSR count). The lowest BCUT2D eigenvalue weighted by molar-refractivity contribution is -0.123. The molecule has 0 aromatic heterocycles. The number of hydrogen-bond acceptors (Lipinski definition) is 3. The molecule has 0 spiro atoms. The molecule has 4 nitrogen and oxygen atoms in total. The van der Waals surface area contributed by atoms with Gasteiger partial charge in [-0.2, -0.15) is 0 Å². The number of hydrogen-bond donors (Lipinski definition) is 2. The van der Waals surface area contributed by atoms with Gasteiger partial charge in [-0.3, -0.25) is 4.79 Å². The molecule has 82 valence electrons. The third-order valence-corrected chi connectivity index (χ3v) is 2.22. The van der Waals surface area contributed by atoms with Crippen LogP contribution in [-0.4, -0.2) is 31.2 Å². The second kappa shape index (κ2) is 4.75. The second-order valence-electron chi connectivity index (χ2n) is 4.38. The molecule has 0 unspecified atom stereocenters. The van der Waals surface area contributed by atoms with E-state index in [9.17, 15) is 4.79 Å². The molecule has 1 saturated carbocycles. The highest BCUT2D eigenvalue weighted by Crippen LogP contribution is 2.31. The Morgan fingerprint density at radius 1 is 1.57 bits per heavy atom. The first-order chi connectivity index (χ1) is 6.54. The second-order valence-corrected chi connectivity index (χ2v) is 4.38. The normalized spacial score (nSPS) is 18.3. The predicted molar refractivity (Wildman–Crippen MR) is 54.8 cm³/mol. The van der Waals surface area contributed by atoms with Gasteiger partial charge in [0.05, 0.1) is 12.1 Å². The quantitative estimate of drug-likeness (QED) is 0.605. The summed E-state index contributed by atoms with van der Waals surface area (Å²) in [5.74, 6) is 0.501. The van der Waals surface area contributed by atoms with E-state index in [1.54, 1.807) is 0 Å². The molecule has 0 heterocycles. The zero-order valence-electron chi connectivity index (χ0n) is 9.01. The fraction of sp³-hybridized carbons (Fsp3) is 0.900. The van der Waals surface area contributed by atoms with Gasteiger partial charge in [0.15, 0.2) is 0 Å². The van der Waals surface area contributed by atoms with Crippen molar-refractivity contribution in [2.24, 2.45) is 11.7 Å². The van der Waals surface area contributed by atoms with E-state index in [2.05, 4.69) is 19.2 Å². The summed E-state index contributed by atoms with van der Waals surface area (Å²) in [6.07, 6.45) is 1.62. The van der Waals surface area contributed by atoms with E-state index < -0.39 is 5.54 Å². The molecule has 3 N–H and O–H groups in total. The maximum atomic E-state index is 11.3. The Balaban J connectivity index is 1.96. The fourth-order valence-electron chi connectivity index (χ4n) is 1.09. The van der Waals surface area contributed by atoms with Gasteiger partial charge in [0.2, 0.25) is 5.91 Å². The summed E-state index contributed by atoms with van der Waals surface area (Å²) < 4.78 is 5.32. The van der Waals surface area contributed by atoms with Gasteiger partial charge < -0.3 is 15.8 Å². The molecule has 4 heteroatoms. The first-order valence-electron chi connectivity index (χ1n) is 5.19. The van der Waals surface area contributed by atoms with Crippen molar-refractivity contribution < 1.29 is 9.53 Å². The molecule has 0 bridgehead atoms. The number of nitrogens with one attached hydrogen (secondary N) is 1. The van der Waals surface area contributed by atoms with Crippen LogP contribution in [0, 0.1) is 5.92 Å². The van der Waals surface area contributed by atoms with Crippen molar-refractivity contribution in [1.82, 2.24) is 5.32 Å². The molecule has 0 radical (unpaired) electrons. The van der Waals surface area contributed by atoms with Crippen LogP contribution in [0.3, 0.4) is 0 Å². The van der Waals surface area contributed by atoms with Crippen molar-refractivity contribution in [2.75, 3.05) is 19.8 Å². The summed E-state index contributed by atoms with van der Waals surface area (Å²) in [5, 5.41) is 2.77. The van der Waals surface area contributed by atoms with Gasteiger partial charge >= 0.3 is 0 Å². The average Bonchev–Trinajstić information content (AvgIpc) is 2.83. The van der Waals surface area contributed by atoms with E-state index in [0.29, 0.717) is 19.1 Å². The van der Waals surface area contributed by atoms with Crippen LogP contribution < -0.4 is 11.1 Å². The van der Waals surface area contributed by atoms with E-state index in [-0.39, 0.29) is 5.91 Å². The van der Waals surface area contributed by atoms with Gasteiger partial charge in [-0.1, -0.05) is 13.8 Å². The van der Waals surface area contributed by atoms with Crippen LogP contribution >= 0.6 is 0 Å². The number of carbonyl (C=O) groups is 1. The molecule has 1 amide bonds. The minimum atomic E-state index is -0.557. The number of ether oxygens (including phenoxy) is 1. The molecule has 1 fully saturated rings. The highest BCUT2D eigenvalue weighted by Gasteiger charge is 2.45. The minimum absolute atomic E-state index is 0.0364. The van der Waals surface area contributed by atoms with Gasteiger partial charge in [-0.25, -0.2) is 0 Å². The Labute approximate surface area is 85.2 Å². The molecular weight excluding hydrogens is 180 g/mol. The number of rotatable bonds is 6. The predicted octanol–water partition coefficient (Wildman–Crippen LogP) is 0.267. The summed E-state index contributed by atoms with van der Waals surface area (Å²) in [4.78, 5) is 11.3. The number of amides is 1. The van der Waals surface area contributed by atoms with Crippen LogP contribution in [0.15, 0.2) is 0 Å². The van der Waals surface area contributed by atoms with E-state index in [1.807, 2.05) is 0 Å². The lowest BCUT2D eigenvalue weighted by Gasteiger charge is -2.10. The van der Waals surface area contributed by atoms with Gasteiger partial charge in [0.1, 0.15) is 0 Å². The molecule has 0 aromatic rings. The lowest BCUT2D eigenvalue weighted by atomic mass is 10.2. The third kappa shape index (κ3) is 3.64. The molecule has 0 aromatic carbocycles. The maximum absolute atomic E-state index is 11.3. The average molecular weight is 200 g/mol. The smallest absolute Gasteiger partial charge is 0.240 e. The Hall–Kier alpha value is -0.610. The summed E-state index contributed by atoms with van der Waals surface area (Å²) >= 11 is 0. The van der Waals surface area contributed by atoms with Crippen LogP contribution in [0.5, 0.6) is 0 Å². The SMILES string of the molecule is CC(C)COCCNC(=O)C1(N)CC1. The standard InChI is InChI=1S/C10H20N2O2/c1-8(2)7-14-6-5-12-9(13)10(11)3-4-10/h8H,3-7,11H2,1-2H3,(H,12,13). The van der Waals surface area contributed by atoms with Gasteiger partial charge in [0.25, 0.3) is 0 Å². The topological polar surface area (TPSA) is 64.3 Å². The Kier molecular flexibility index (Phi) is 3.89. The van der Waals surface area contributed by atoms with Crippen molar-refractivity contribution in [3.05, 3.63) is 0 Å². The molecule has 0 saturated heterocycles. The zero-order chi connectivity index (χ0) is 10.6. The first kappa shape index (κ1) is 11.5. The van der Waals surface area contributed by atoms with Crippen LogP contribution in [0.4, 0.5) is 0 Å². The molecular formula is C10H20N2O2. The van der Waals surface area contributed by atoms with Crippen LogP contribution in [0.2, 0.25) is 0 Å². The summed E-state index contributed by atoms with van der Waals surface area (Å²) in [5.41, 5.74) is 5.14. The number of nitrogens with two attached hydrogens (primary N) is 1. The van der Waals surface area contributed by atoms with Gasteiger partial charge in [0, 0.05) is 13.2 Å². The molecule has 0 aliphatic heterocycles.